The number of rotatable bonds is 0. The molecule has 3 heteroatoms. The van der Waals surface area contributed by atoms with Crippen molar-refractivity contribution in [1.82, 2.24) is 4.98 Å². The van der Waals surface area contributed by atoms with Gasteiger partial charge in [-0.2, -0.15) is 0 Å². The van der Waals surface area contributed by atoms with Gasteiger partial charge in [-0.1, -0.05) is 0 Å². The molecule has 2 aromatic rings. The van der Waals surface area contributed by atoms with E-state index in [1.165, 1.54) is 0 Å². The van der Waals surface area contributed by atoms with Crippen molar-refractivity contribution in [1.29, 1.82) is 0 Å². The summed E-state index contributed by atoms with van der Waals surface area (Å²) in [6.07, 6.45) is 3.31. The largest absolute Gasteiger partial charge is 0.463 e. The van der Waals surface area contributed by atoms with E-state index in [0.717, 1.165) is 16.0 Å². The van der Waals surface area contributed by atoms with E-state index >= 15 is 0 Å². The van der Waals surface area contributed by atoms with Crippen molar-refractivity contribution >= 4 is 23.7 Å². The first-order chi connectivity index (χ1) is 4.86. The van der Waals surface area contributed by atoms with E-state index in [1.54, 1.807) is 12.5 Å². The Hall–Kier alpha value is -0.960. The van der Waals surface area contributed by atoms with E-state index in [0.29, 0.717) is 0 Å². The highest BCUT2D eigenvalue weighted by molar-refractivity contribution is 7.80. The molecule has 2 nitrogen and oxygen atoms in total. The molecule has 2 heterocycles. The number of nitrogens with zero attached hydrogens (tertiary/aromatic N) is 1. The summed E-state index contributed by atoms with van der Waals surface area (Å²) in [5.74, 6) is 0. The summed E-state index contributed by atoms with van der Waals surface area (Å²) in [7, 11) is 0. The fraction of sp³-hybridized carbons (Fsp3) is 0. The van der Waals surface area contributed by atoms with Crippen LogP contribution in [-0.4, -0.2) is 4.98 Å². The first-order valence-electron chi connectivity index (χ1n) is 2.88. The highest BCUT2D eigenvalue weighted by Crippen LogP contribution is 2.15. The molecule has 2 aromatic heterocycles. The number of hydrogen-bond acceptors (Lipinski definition) is 3. The van der Waals surface area contributed by atoms with Crippen LogP contribution in [0.1, 0.15) is 0 Å². The third-order valence-corrected chi connectivity index (χ3v) is 1.53. The first kappa shape index (κ1) is 5.80. The minimum absolute atomic E-state index is 0.785. The zero-order valence-corrected chi connectivity index (χ0v) is 6.01. The van der Waals surface area contributed by atoms with Gasteiger partial charge in [-0.05, 0) is 6.07 Å². The predicted octanol–water partition coefficient (Wildman–Crippen LogP) is 2.12. The van der Waals surface area contributed by atoms with E-state index in [4.69, 9.17) is 4.42 Å². The fourth-order valence-corrected chi connectivity index (χ4v) is 1.01. The van der Waals surface area contributed by atoms with Crippen LogP contribution in [0.2, 0.25) is 0 Å². The van der Waals surface area contributed by atoms with E-state index in [2.05, 4.69) is 17.6 Å². The summed E-state index contributed by atoms with van der Waals surface area (Å²) in [4.78, 5) is 4.89. The molecule has 0 aliphatic heterocycles. The Morgan fingerprint density at radius 1 is 1.50 bits per heavy atom. The summed E-state index contributed by atoms with van der Waals surface area (Å²) in [5, 5.41) is 0. The van der Waals surface area contributed by atoms with Gasteiger partial charge in [0.1, 0.15) is 5.52 Å². The van der Waals surface area contributed by atoms with Gasteiger partial charge in [0.25, 0.3) is 0 Å². The molecule has 0 unspecified atom stereocenters. The predicted molar refractivity (Wildman–Crippen MR) is 41.3 cm³/mol. The van der Waals surface area contributed by atoms with E-state index in [-0.39, 0.29) is 0 Å². The highest BCUT2D eigenvalue weighted by Gasteiger charge is 1.95. The van der Waals surface area contributed by atoms with Gasteiger partial charge in [0.05, 0.1) is 6.26 Å². The lowest BCUT2D eigenvalue weighted by Gasteiger charge is -1.87. The van der Waals surface area contributed by atoms with Crippen LogP contribution in [0.5, 0.6) is 0 Å². The number of furan rings is 1. The Morgan fingerprint density at radius 2 is 2.40 bits per heavy atom. The molecular formula is C7H5NOS. The van der Waals surface area contributed by atoms with Crippen LogP contribution in [-0.2, 0) is 0 Å². The standard InChI is InChI=1S/C7H5NOS/c10-5-3-7-6(8-4-5)1-2-9-7/h1-4,10H. The van der Waals surface area contributed by atoms with Gasteiger partial charge in [0, 0.05) is 17.2 Å². The topological polar surface area (TPSA) is 26.0 Å². The fourth-order valence-electron chi connectivity index (χ4n) is 0.836. The molecule has 10 heavy (non-hydrogen) atoms. The minimum Gasteiger partial charge on any atom is -0.463 e. The van der Waals surface area contributed by atoms with Crippen LogP contribution in [0.15, 0.2) is 33.9 Å². The third kappa shape index (κ3) is 0.789. The van der Waals surface area contributed by atoms with Crippen molar-refractivity contribution in [3.63, 3.8) is 0 Å². The summed E-state index contributed by atoms with van der Waals surface area (Å²) < 4.78 is 5.09. The Bertz CT molecular complexity index is 355. The molecule has 0 aliphatic carbocycles. The molecular weight excluding hydrogens is 146 g/mol. The van der Waals surface area contributed by atoms with Crippen LogP contribution >= 0.6 is 12.6 Å². The molecule has 0 saturated heterocycles. The van der Waals surface area contributed by atoms with Crippen molar-refractivity contribution in [2.75, 3.05) is 0 Å². The molecule has 0 N–H and O–H groups in total. The molecule has 0 radical (unpaired) electrons. The van der Waals surface area contributed by atoms with Crippen LogP contribution in [0, 0.1) is 0 Å². The monoisotopic (exact) mass is 151 g/mol. The number of aromatic nitrogens is 1. The lowest BCUT2D eigenvalue weighted by Crippen LogP contribution is -1.71. The van der Waals surface area contributed by atoms with Gasteiger partial charge >= 0.3 is 0 Å². The van der Waals surface area contributed by atoms with Crippen molar-refractivity contribution in [3.05, 3.63) is 24.6 Å². The van der Waals surface area contributed by atoms with Gasteiger partial charge < -0.3 is 4.42 Å². The second-order valence-electron chi connectivity index (χ2n) is 2.00. The number of hydrogen-bond donors (Lipinski definition) is 1. The minimum atomic E-state index is 0.785. The zero-order chi connectivity index (χ0) is 6.97. The number of pyridine rings is 1. The summed E-state index contributed by atoms with van der Waals surface area (Å²) in [5.41, 5.74) is 1.66. The maximum absolute atomic E-state index is 5.09. The second-order valence-corrected chi connectivity index (χ2v) is 2.51. The zero-order valence-electron chi connectivity index (χ0n) is 5.11. The smallest absolute Gasteiger partial charge is 0.153 e. The molecule has 2 rings (SSSR count). The van der Waals surface area contributed by atoms with Crippen LogP contribution in [0.3, 0.4) is 0 Å². The molecule has 50 valence electrons. The normalized spacial score (nSPS) is 10.5. The lowest BCUT2D eigenvalue weighted by atomic mass is 10.4. The Kier molecular flexibility index (Phi) is 1.17. The number of fused-ring (bicyclic) bond motifs is 1. The summed E-state index contributed by atoms with van der Waals surface area (Å²) in [6, 6.07) is 3.66. The van der Waals surface area contributed by atoms with Crippen LogP contribution < -0.4 is 0 Å². The number of thiol groups is 1. The van der Waals surface area contributed by atoms with Gasteiger partial charge in [-0.25, -0.2) is 0 Å². The van der Waals surface area contributed by atoms with Crippen LogP contribution in [0.4, 0.5) is 0 Å². The van der Waals surface area contributed by atoms with Gasteiger partial charge in [0.2, 0.25) is 0 Å². The van der Waals surface area contributed by atoms with E-state index in [1.807, 2.05) is 12.1 Å². The molecule has 0 amide bonds. The molecule has 0 aromatic carbocycles. The second kappa shape index (κ2) is 2.02. The molecule has 0 spiro atoms. The van der Waals surface area contributed by atoms with Crippen molar-refractivity contribution in [3.8, 4) is 0 Å². The van der Waals surface area contributed by atoms with E-state index < -0.39 is 0 Å². The Morgan fingerprint density at radius 3 is 3.30 bits per heavy atom. The molecule has 0 atom stereocenters. The highest BCUT2D eigenvalue weighted by atomic mass is 32.1. The van der Waals surface area contributed by atoms with Crippen molar-refractivity contribution in [2.45, 2.75) is 4.90 Å². The van der Waals surface area contributed by atoms with Crippen LogP contribution in [0.25, 0.3) is 11.1 Å². The molecule has 0 aliphatic rings. The lowest BCUT2D eigenvalue weighted by molar-refractivity contribution is 0.614. The average molecular weight is 151 g/mol. The molecule has 0 fully saturated rings. The Labute approximate surface area is 63.3 Å². The first-order valence-corrected chi connectivity index (χ1v) is 3.33. The molecule has 0 bridgehead atoms. The SMILES string of the molecule is Sc1cnc2ccoc2c1. The average Bonchev–Trinajstić information content (AvgIpc) is 2.33. The van der Waals surface area contributed by atoms with Gasteiger partial charge in [0.15, 0.2) is 5.58 Å². The van der Waals surface area contributed by atoms with Gasteiger partial charge in [-0.15, -0.1) is 12.6 Å². The summed E-state index contributed by atoms with van der Waals surface area (Å²) in [6.45, 7) is 0. The van der Waals surface area contributed by atoms with Crippen molar-refractivity contribution < 1.29 is 4.42 Å². The maximum Gasteiger partial charge on any atom is 0.153 e. The Balaban J connectivity index is 2.86. The van der Waals surface area contributed by atoms with Gasteiger partial charge in [-0.3, -0.25) is 4.98 Å². The quantitative estimate of drug-likeness (QED) is 0.583. The van der Waals surface area contributed by atoms with E-state index in [9.17, 15) is 0 Å². The third-order valence-electron chi connectivity index (χ3n) is 1.29. The molecule has 0 saturated carbocycles. The van der Waals surface area contributed by atoms with Crippen molar-refractivity contribution in [2.24, 2.45) is 0 Å². The maximum atomic E-state index is 5.09. The summed E-state index contributed by atoms with van der Waals surface area (Å²) >= 11 is 4.11.